The van der Waals surface area contributed by atoms with E-state index in [2.05, 4.69) is 14.9 Å². The van der Waals surface area contributed by atoms with Gasteiger partial charge in [-0.15, -0.1) is 0 Å². The summed E-state index contributed by atoms with van der Waals surface area (Å²) in [6, 6.07) is 0. The fraction of sp³-hybridized carbons (Fsp3) is 0.765. The number of alkyl halides is 1. The summed E-state index contributed by atoms with van der Waals surface area (Å²) in [7, 11) is 0. The van der Waals surface area contributed by atoms with Crippen molar-refractivity contribution in [3.63, 3.8) is 0 Å². The van der Waals surface area contributed by atoms with Crippen molar-refractivity contribution in [1.29, 1.82) is 0 Å². The number of piperidine rings is 1. The van der Waals surface area contributed by atoms with Gasteiger partial charge in [-0.25, -0.2) is 9.37 Å². The highest BCUT2D eigenvalue weighted by atomic mass is 19.1. The molecule has 2 aliphatic rings. The molecule has 0 amide bonds. The molecule has 124 valence electrons. The highest BCUT2D eigenvalue weighted by molar-refractivity contribution is 5.36. The van der Waals surface area contributed by atoms with Crippen LogP contribution < -0.4 is 10.5 Å². The lowest BCUT2D eigenvalue weighted by molar-refractivity contribution is 0.203. The minimum atomic E-state index is -0.619. The van der Waals surface area contributed by atoms with Crippen LogP contribution in [-0.2, 0) is 6.42 Å². The summed E-state index contributed by atoms with van der Waals surface area (Å²) in [5, 5.41) is 0. The van der Waals surface area contributed by atoms with E-state index in [-0.39, 0.29) is 11.0 Å². The van der Waals surface area contributed by atoms with Gasteiger partial charge in [-0.3, -0.25) is 4.79 Å². The highest BCUT2D eigenvalue weighted by Crippen LogP contribution is 2.47. The summed E-state index contributed by atoms with van der Waals surface area (Å²) in [6.07, 6.45) is 6.28. The number of H-pyrrole nitrogens is 1. The first kappa shape index (κ1) is 17.0. The molecule has 1 aromatic heterocycles. The van der Waals surface area contributed by atoms with E-state index in [0.717, 1.165) is 44.5 Å². The standard InChI is InChI=1S/C15H22FN3O.C2H6/c1-2-12-10-17-13(14(20)18-12)19-7-5-15(6-8-19)4-3-11(16)9-15;1-2/h10-11H,2-9H2,1H3,(H,18,20);1-2H3. The van der Waals surface area contributed by atoms with E-state index >= 15 is 0 Å². The molecule has 2 heterocycles. The molecule has 1 saturated heterocycles. The lowest BCUT2D eigenvalue weighted by Crippen LogP contribution is -2.42. The van der Waals surface area contributed by atoms with Crippen molar-refractivity contribution in [2.75, 3.05) is 18.0 Å². The summed E-state index contributed by atoms with van der Waals surface area (Å²) in [4.78, 5) is 21.3. The van der Waals surface area contributed by atoms with Crippen LogP contribution in [0.3, 0.4) is 0 Å². The van der Waals surface area contributed by atoms with Gasteiger partial charge >= 0.3 is 0 Å². The Morgan fingerprint density at radius 3 is 2.55 bits per heavy atom. The zero-order valence-electron chi connectivity index (χ0n) is 14.0. The number of aryl methyl sites for hydroxylation is 1. The molecule has 5 heteroatoms. The average molecular weight is 309 g/mol. The van der Waals surface area contributed by atoms with Crippen LogP contribution in [0.4, 0.5) is 10.2 Å². The smallest absolute Gasteiger partial charge is 0.291 e. The Morgan fingerprint density at radius 1 is 1.36 bits per heavy atom. The number of anilines is 1. The summed E-state index contributed by atoms with van der Waals surface area (Å²) < 4.78 is 13.4. The Labute approximate surface area is 132 Å². The zero-order valence-corrected chi connectivity index (χ0v) is 14.0. The molecule has 1 aliphatic carbocycles. The third kappa shape index (κ3) is 3.50. The first-order chi connectivity index (χ1) is 10.6. The van der Waals surface area contributed by atoms with E-state index in [1.54, 1.807) is 6.20 Å². The molecule has 22 heavy (non-hydrogen) atoms. The third-order valence-electron chi connectivity index (χ3n) is 4.97. The van der Waals surface area contributed by atoms with Gasteiger partial charge in [0.25, 0.3) is 5.56 Å². The van der Waals surface area contributed by atoms with Crippen molar-refractivity contribution in [1.82, 2.24) is 9.97 Å². The monoisotopic (exact) mass is 309 g/mol. The fourth-order valence-electron chi connectivity index (χ4n) is 3.62. The average Bonchev–Trinajstić information content (AvgIpc) is 2.91. The predicted octanol–water partition coefficient (Wildman–Crippen LogP) is 3.47. The molecule has 1 saturated carbocycles. The highest BCUT2D eigenvalue weighted by Gasteiger charge is 2.41. The molecule has 1 atom stereocenters. The van der Waals surface area contributed by atoms with Crippen molar-refractivity contribution in [2.45, 2.75) is 65.5 Å². The van der Waals surface area contributed by atoms with E-state index in [9.17, 15) is 9.18 Å². The zero-order chi connectivity index (χ0) is 16.2. The number of hydrogen-bond acceptors (Lipinski definition) is 3. The largest absolute Gasteiger partial charge is 0.352 e. The third-order valence-corrected chi connectivity index (χ3v) is 4.97. The Kier molecular flexibility index (Phi) is 5.59. The van der Waals surface area contributed by atoms with Crippen LogP contribution in [0.25, 0.3) is 0 Å². The summed E-state index contributed by atoms with van der Waals surface area (Å²) in [5.74, 6) is 0.520. The predicted molar refractivity (Wildman–Crippen MR) is 88.2 cm³/mol. The van der Waals surface area contributed by atoms with Gasteiger partial charge in [-0.1, -0.05) is 20.8 Å². The van der Waals surface area contributed by atoms with E-state index < -0.39 is 6.17 Å². The molecule has 1 N–H and O–H groups in total. The van der Waals surface area contributed by atoms with Gasteiger partial charge in [0.1, 0.15) is 6.17 Å². The first-order valence-electron chi connectivity index (χ1n) is 8.59. The molecule has 2 fully saturated rings. The van der Waals surface area contributed by atoms with Gasteiger partial charge in [-0.05, 0) is 43.9 Å². The second kappa shape index (κ2) is 7.25. The molecule has 1 spiro atoms. The Bertz CT molecular complexity index is 535. The molecule has 0 aromatic carbocycles. The summed E-state index contributed by atoms with van der Waals surface area (Å²) >= 11 is 0. The minimum absolute atomic E-state index is 0.102. The molecule has 4 nitrogen and oxygen atoms in total. The van der Waals surface area contributed by atoms with Crippen molar-refractivity contribution in [3.8, 4) is 0 Å². The lowest BCUT2D eigenvalue weighted by atomic mass is 9.77. The summed E-state index contributed by atoms with van der Waals surface area (Å²) in [6.45, 7) is 7.62. The molecule has 1 aromatic rings. The Balaban J connectivity index is 0.000000847. The maximum atomic E-state index is 13.4. The van der Waals surface area contributed by atoms with Gasteiger partial charge < -0.3 is 9.88 Å². The number of aromatic nitrogens is 2. The number of nitrogens with one attached hydrogen (secondary N) is 1. The number of nitrogens with zero attached hydrogens (tertiary/aromatic N) is 2. The van der Waals surface area contributed by atoms with Gasteiger partial charge in [0.2, 0.25) is 0 Å². The van der Waals surface area contributed by atoms with Crippen LogP contribution in [0.1, 0.15) is 58.6 Å². The molecule has 0 radical (unpaired) electrons. The Morgan fingerprint density at radius 2 is 2.05 bits per heavy atom. The molecule has 3 rings (SSSR count). The van der Waals surface area contributed by atoms with Gasteiger partial charge in [0, 0.05) is 25.0 Å². The molecular weight excluding hydrogens is 281 g/mol. The molecule has 1 unspecified atom stereocenters. The van der Waals surface area contributed by atoms with Crippen LogP contribution >= 0.6 is 0 Å². The summed E-state index contributed by atoms with van der Waals surface area (Å²) in [5.41, 5.74) is 0.949. The van der Waals surface area contributed by atoms with Crippen LogP contribution in [0.15, 0.2) is 11.0 Å². The van der Waals surface area contributed by atoms with Gasteiger partial charge in [-0.2, -0.15) is 0 Å². The van der Waals surface area contributed by atoms with Crippen LogP contribution in [0.2, 0.25) is 0 Å². The SMILES string of the molecule is CC.CCc1cnc(N2CCC3(CCC(F)C3)CC2)c(=O)[nH]1. The quantitative estimate of drug-likeness (QED) is 0.910. The number of halogens is 1. The second-order valence-corrected chi connectivity index (χ2v) is 6.24. The van der Waals surface area contributed by atoms with E-state index in [0.29, 0.717) is 18.7 Å². The molecule has 1 aliphatic heterocycles. The number of rotatable bonds is 2. The second-order valence-electron chi connectivity index (χ2n) is 6.24. The molecular formula is C17H28FN3O. The Hall–Kier alpha value is -1.39. The van der Waals surface area contributed by atoms with Crippen molar-refractivity contribution in [3.05, 3.63) is 22.2 Å². The van der Waals surface area contributed by atoms with E-state index in [1.165, 1.54) is 0 Å². The van der Waals surface area contributed by atoms with Gasteiger partial charge in [0.05, 0.1) is 0 Å². The molecule has 0 bridgehead atoms. The minimum Gasteiger partial charge on any atom is -0.352 e. The van der Waals surface area contributed by atoms with Crippen LogP contribution in [-0.4, -0.2) is 29.2 Å². The van der Waals surface area contributed by atoms with Crippen molar-refractivity contribution < 1.29 is 4.39 Å². The van der Waals surface area contributed by atoms with E-state index in [1.807, 2.05) is 20.8 Å². The van der Waals surface area contributed by atoms with Crippen molar-refractivity contribution in [2.24, 2.45) is 5.41 Å². The lowest BCUT2D eigenvalue weighted by Gasteiger charge is -2.39. The fourth-order valence-corrected chi connectivity index (χ4v) is 3.62. The maximum absolute atomic E-state index is 13.4. The topological polar surface area (TPSA) is 49.0 Å². The van der Waals surface area contributed by atoms with Crippen LogP contribution in [0, 0.1) is 5.41 Å². The first-order valence-corrected chi connectivity index (χ1v) is 8.59. The van der Waals surface area contributed by atoms with Crippen molar-refractivity contribution >= 4 is 5.82 Å². The normalized spacial score (nSPS) is 23.3. The maximum Gasteiger partial charge on any atom is 0.291 e. The van der Waals surface area contributed by atoms with Gasteiger partial charge in [0.15, 0.2) is 5.82 Å². The number of aromatic amines is 1. The van der Waals surface area contributed by atoms with E-state index in [4.69, 9.17) is 0 Å². The van der Waals surface area contributed by atoms with Crippen LogP contribution in [0.5, 0.6) is 0 Å². The number of hydrogen-bond donors (Lipinski definition) is 1.